The highest BCUT2D eigenvalue weighted by Crippen LogP contribution is 2.25. The van der Waals surface area contributed by atoms with Crippen LogP contribution in [0.15, 0.2) is 29.3 Å². The fourth-order valence-electron chi connectivity index (χ4n) is 4.20. The lowest BCUT2D eigenvalue weighted by molar-refractivity contribution is -0.00845. The van der Waals surface area contributed by atoms with Crippen LogP contribution in [0.25, 0.3) is 0 Å². The summed E-state index contributed by atoms with van der Waals surface area (Å²) in [5.41, 5.74) is 2.57. The Hall–Kier alpha value is -1.63. The number of likely N-dealkylation sites (N-methyl/N-ethyl adjacent to an activating group) is 1. The molecule has 0 radical (unpaired) electrons. The highest BCUT2D eigenvalue weighted by atomic mass is 16.5. The van der Waals surface area contributed by atoms with Crippen LogP contribution < -0.4 is 5.32 Å². The molecule has 0 saturated carbocycles. The van der Waals surface area contributed by atoms with Crippen molar-refractivity contribution in [1.82, 2.24) is 20.0 Å². The van der Waals surface area contributed by atoms with E-state index in [1.165, 1.54) is 24.2 Å². The summed E-state index contributed by atoms with van der Waals surface area (Å²) in [6.45, 7) is 15.9. The maximum atomic E-state index is 6.07. The van der Waals surface area contributed by atoms with E-state index in [4.69, 9.17) is 4.74 Å². The van der Waals surface area contributed by atoms with Crippen molar-refractivity contribution in [3.05, 3.63) is 35.4 Å². The van der Waals surface area contributed by atoms with Crippen LogP contribution >= 0.6 is 0 Å². The molecule has 2 atom stereocenters. The molecular weight excluding hydrogens is 350 g/mol. The van der Waals surface area contributed by atoms with Crippen molar-refractivity contribution in [1.29, 1.82) is 0 Å². The van der Waals surface area contributed by atoms with E-state index in [0.29, 0.717) is 6.04 Å². The molecule has 0 bridgehead atoms. The number of piperazine rings is 1. The maximum Gasteiger partial charge on any atom is 0.193 e. The quantitative estimate of drug-likeness (QED) is 0.618. The summed E-state index contributed by atoms with van der Waals surface area (Å²) >= 11 is 0. The lowest BCUT2D eigenvalue weighted by atomic mass is 10.0. The summed E-state index contributed by atoms with van der Waals surface area (Å²) in [5.74, 6) is 0.987. The fraction of sp³-hybridized carbons (Fsp3) is 0.682. The summed E-state index contributed by atoms with van der Waals surface area (Å²) in [7, 11) is 1.88. The Morgan fingerprint density at radius 2 is 1.96 bits per heavy atom. The van der Waals surface area contributed by atoms with E-state index in [0.717, 1.165) is 51.8 Å². The average molecular weight is 388 g/mol. The number of benzene rings is 1. The second-order valence-corrected chi connectivity index (χ2v) is 7.91. The number of morpholine rings is 1. The first-order valence-electron chi connectivity index (χ1n) is 10.7. The minimum Gasteiger partial charge on any atom is -0.370 e. The third-order valence-electron chi connectivity index (χ3n) is 6.15. The van der Waals surface area contributed by atoms with Crippen molar-refractivity contribution in [3.8, 4) is 0 Å². The summed E-state index contributed by atoms with van der Waals surface area (Å²) in [6.07, 6.45) is 0.105. The zero-order chi connectivity index (χ0) is 19.9. The van der Waals surface area contributed by atoms with Crippen LogP contribution in [-0.4, -0.2) is 92.7 Å². The van der Waals surface area contributed by atoms with Crippen molar-refractivity contribution in [2.24, 2.45) is 4.99 Å². The van der Waals surface area contributed by atoms with Crippen LogP contribution in [0.3, 0.4) is 0 Å². The molecule has 0 amide bonds. The molecule has 2 saturated heterocycles. The minimum atomic E-state index is 0.105. The first kappa shape index (κ1) is 21.1. The predicted molar refractivity (Wildman–Crippen MR) is 116 cm³/mol. The van der Waals surface area contributed by atoms with E-state index in [2.05, 4.69) is 70.0 Å². The lowest BCUT2D eigenvalue weighted by Gasteiger charge is -2.39. The molecule has 3 rings (SSSR count). The highest BCUT2D eigenvalue weighted by molar-refractivity contribution is 5.80. The number of ether oxygens (including phenoxy) is 1. The summed E-state index contributed by atoms with van der Waals surface area (Å²) in [4.78, 5) is 12.0. The van der Waals surface area contributed by atoms with Gasteiger partial charge in [0, 0.05) is 52.4 Å². The van der Waals surface area contributed by atoms with Crippen molar-refractivity contribution >= 4 is 5.96 Å². The molecule has 2 unspecified atom stereocenters. The number of hydrogen-bond acceptors (Lipinski definition) is 4. The number of nitrogens with zero attached hydrogens (tertiary/aromatic N) is 4. The number of nitrogens with one attached hydrogen (secondary N) is 1. The summed E-state index contributed by atoms with van der Waals surface area (Å²) in [6, 6.07) is 9.02. The summed E-state index contributed by atoms with van der Waals surface area (Å²) in [5, 5.41) is 3.61. The van der Waals surface area contributed by atoms with Gasteiger partial charge in [-0.05, 0) is 31.5 Å². The zero-order valence-electron chi connectivity index (χ0n) is 18.0. The highest BCUT2D eigenvalue weighted by Gasteiger charge is 2.26. The van der Waals surface area contributed by atoms with Crippen molar-refractivity contribution in [2.45, 2.75) is 32.9 Å². The van der Waals surface area contributed by atoms with Gasteiger partial charge in [-0.1, -0.05) is 31.2 Å². The lowest BCUT2D eigenvalue weighted by Crippen LogP contribution is -2.54. The van der Waals surface area contributed by atoms with E-state index < -0.39 is 0 Å². The second kappa shape index (κ2) is 10.2. The Morgan fingerprint density at radius 1 is 1.21 bits per heavy atom. The van der Waals surface area contributed by atoms with Gasteiger partial charge >= 0.3 is 0 Å². The first-order valence-corrected chi connectivity index (χ1v) is 10.7. The van der Waals surface area contributed by atoms with Gasteiger partial charge in [-0.15, -0.1) is 0 Å². The summed E-state index contributed by atoms with van der Waals surface area (Å²) < 4.78 is 6.07. The molecule has 2 aliphatic rings. The molecule has 2 aliphatic heterocycles. The Kier molecular flexibility index (Phi) is 7.71. The largest absolute Gasteiger partial charge is 0.370 e. The van der Waals surface area contributed by atoms with Gasteiger partial charge < -0.3 is 19.9 Å². The van der Waals surface area contributed by atoms with Crippen LogP contribution in [0.5, 0.6) is 0 Å². The Labute approximate surface area is 170 Å². The van der Waals surface area contributed by atoms with Gasteiger partial charge in [0.05, 0.1) is 13.2 Å². The van der Waals surface area contributed by atoms with Crippen molar-refractivity contribution in [3.63, 3.8) is 0 Å². The molecule has 2 heterocycles. The van der Waals surface area contributed by atoms with E-state index in [9.17, 15) is 0 Å². The van der Waals surface area contributed by atoms with Crippen LogP contribution in [0.4, 0.5) is 0 Å². The van der Waals surface area contributed by atoms with Gasteiger partial charge in [-0.25, -0.2) is 0 Å². The van der Waals surface area contributed by atoms with Gasteiger partial charge in [-0.3, -0.25) is 9.89 Å². The second-order valence-electron chi connectivity index (χ2n) is 7.91. The smallest absolute Gasteiger partial charge is 0.193 e. The molecule has 0 spiro atoms. The number of hydrogen-bond donors (Lipinski definition) is 1. The minimum absolute atomic E-state index is 0.105. The van der Waals surface area contributed by atoms with Gasteiger partial charge in [0.25, 0.3) is 0 Å². The first-order chi connectivity index (χ1) is 13.6. The average Bonchev–Trinajstić information content (AvgIpc) is 2.74. The van der Waals surface area contributed by atoms with Gasteiger partial charge in [-0.2, -0.15) is 0 Å². The molecule has 6 heteroatoms. The fourth-order valence-corrected chi connectivity index (χ4v) is 4.20. The van der Waals surface area contributed by atoms with E-state index in [1.54, 1.807) is 0 Å². The molecule has 0 aromatic heterocycles. The van der Waals surface area contributed by atoms with Gasteiger partial charge in [0.15, 0.2) is 5.96 Å². The number of aliphatic imine (C=N–C) groups is 1. The maximum absolute atomic E-state index is 6.07. The molecule has 28 heavy (non-hydrogen) atoms. The molecule has 1 N–H and O–H groups in total. The third-order valence-corrected chi connectivity index (χ3v) is 6.15. The van der Waals surface area contributed by atoms with Crippen LogP contribution in [0, 0.1) is 6.92 Å². The van der Waals surface area contributed by atoms with Gasteiger partial charge in [0.2, 0.25) is 0 Å². The molecule has 0 aliphatic carbocycles. The Bertz CT molecular complexity index is 642. The van der Waals surface area contributed by atoms with Crippen molar-refractivity contribution < 1.29 is 4.74 Å². The molecule has 1 aromatic carbocycles. The van der Waals surface area contributed by atoms with E-state index in [-0.39, 0.29) is 6.10 Å². The van der Waals surface area contributed by atoms with E-state index in [1.807, 2.05) is 7.05 Å². The third kappa shape index (κ3) is 5.25. The van der Waals surface area contributed by atoms with Crippen LogP contribution in [0.1, 0.15) is 31.1 Å². The molecule has 1 aromatic rings. The monoisotopic (exact) mass is 387 g/mol. The number of aryl methyl sites for hydroxylation is 1. The van der Waals surface area contributed by atoms with Crippen LogP contribution in [0.2, 0.25) is 0 Å². The molecule has 2 fully saturated rings. The van der Waals surface area contributed by atoms with Crippen molar-refractivity contribution in [2.75, 3.05) is 66.0 Å². The molecule has 156 valence electrons. The Balaban J connectivity index is 1.53. The topological polar surface area (TPSA) is 43.3 Å². The van der Waals surface area contributed by atoms with Crippen LogP contribution in [-0.2, 0) is 4.74 Å². The normalized spacial score (nSPS) is 23.6. The number of rotatable bonds is 5. The zero-order valence-corrected chi connectivity index (χ0v) is 18.0. The standard InChI is InChI=1S/C22H37N5O/c1-5-25-10-12-26(13-11-25)19(3)16-24-22(23-4)27-14-15-28-21(17-27)20-9-7-6-8-18(20)2/h6-9,19,21H,5,10-17H2,1-4H3,(H,23,24). The molecular formula is C22H37N5O. The predicted octanol–water partition coefficient (Wildman–Crippen LogP) is 1.97. The van der Waals surface area contributed by atoms with Gasteiger partial charge in [0.1, 0.15) is 6.10 Å². The Morgan fingerprint density at radius 3 is 2.64 bits per heavy atom. The molecule has 6 nitrogen and oxygen atoms in total. The SMILES string of the molecule is CCN1CCN(C(C)CNC(=NC)N2CCOC(c3ccccc3C)C2)CC1. The number of guanidine groups is 1. The van der Waals surface area contributed by atoms with E-state index >= 15 is 0 Å².